The van der Waals surface area contributed by atoms with Crippen molar-refractivity contribution in [2.75, 3.05) is 21.3 Å². The first-order valence-electron chi connectivity index (χ1n) is 8.73. The highest BCUT2D eigenvalue weighted by Crippen LogP contribution is 2.61. The summed E-state index contributed by atoms with van der Waals surface area (Å²) in [6.45, 7) is 0.498. The molecule has 0 saturated heterocycles. The molecule has 5 rings (SSSR count). The lowest BCUT2D eigenvalue weighted by atomic mass is 9.56. The van der Waals surface area contributed by atoms with Crippen molar-refractivity contribution >= 4 is 8.80 Å². The second-order valence-corrected chi connectivity index (χ2v) is 10.1. The fourth-order valence-corrected chi connectivity index (χ4v) is 6.37. The minimum atomic E-state index is -2.64. The molecule has 0 saturated carbocycles. The molecule has 1 aromatic heterocycles. The molecule has 0 amide bonds. The first-order chi connectivity index (χ1) is 12.1. The van der Waals surface area contributed by atoms with Crippen LogP contribution in [-0.2, 0) is 19.8 Å². The van der Waals surface area contributed by atoms with Crippen LogP contribution in [0.15, 0.2) is 24.3 Å². The Balaban J connectivity index is 1.57. The zero-order valence-corrected chi connectivity index (χ0v) is 15.8. The smallest absolute Gasteiger partial charge is 0.494 e. The lowest BCUT2D eigenvalue weighted by Gasteiger charge is -2.47. The maximum atomic E-state index is 10.8. The van der Waals surface area contributed by atoms with Crippen molar-refractivity contribution in [3.05, 3.63) is 35.4 Å². The molecule has 7 heteroatoms. The minimum absolute atomic E-state index is 0.174. The first-order valence-corrected chi connectivity index (χ1v) is 10.7. The third-order valence-corrected chi connectivity index (χ3v) is 8.93. The third-order valence-electron chi connectivity index (χ3n) is 6.10. The molecule has 136 valence electrons. The SMILES string of the molecule is CO[Si](CCCn1c(O)c2c(c1O)C1C=CC2C2C=CC12)(OC)OC. The second kappa shape index (κ2) is 6.02. The molecule has 1 heterocycles. The van der Waals surface area contributed by atoms with Crippen molar-refractivity contribution in [3.63, 3.8) is 0 Å². The Bertz CT molecular complexity index is 683. The highest BCUT2D eigenvalue weighted by molar-refractivity contribution is 6.60. The number of aromatic nitrogens is 1. The lowest BCUT2D eigenvalue weighted by molar-refractivity contribution is 0.122. The Labute approximate surface area is 148 Å². The van der Waals surface area contributed by atoms with Crippen LogP contribution in [0.5, 0.6) is 11.8 Å². The van der Waals surface area contributed by atoms with Crippen LogP contribution in [-0.4, -0.2) is 44.9 Å². The standard InChI is InChI=1S/C18H25NO5Si/c1-22-25(23-2,24-3)10-4-9-19-17(20)15-13-7-8-14(16(15)18(19)21)12-6-5-11(12)13/h5-8,11-14,20-21H,4,9-10H2,1-3H3. The molecule has 2 bridgehead atoms. The van der Waals surface area contributed by atoms with Gasteiger partial charge in [-0.15, -0.1) is 0 Å². The van der Waals surface area contributed by atoms with Gasteiger partial charge in [-0.05, 0) is 18.3 Å². The Morgan fingerprint density at radius 3 is 1.76 bits per heavy atom. The van der Waals surface area contributed by atoms with Crippen molar-refractivity contribution in [2.24, 2.45) is 11.8 Å². The van der Waals surface area contributed by atoms with Crippen LogP contribution in [0.4, 0.5) is 0 Å². The van der Waals surface area contributed by atoms with E-state index in [0.717, 1.165) is 11.1 Å². The Morgan fingerprint density at radius 2 is 1.36 bits per heavy atom. The van der Waals surface area contributed by atoms with Gasteiger partial charge in [-0.25, -0.2) is 0 Å². The largest absolute Gasteiger partial charge is 0.500 e. The quantitative estimate of drug-likeness (QED) is 0.576. The van der Waals surface area contributed by atoms with Gasteiger partial charge in [-0.2, -0.15) is 0 Å². The Hall–Kier alpha value is -1.54. The van der Waals surface area contributed by atoms with Gasteiger partial charge in [0.1, 0.15) is 0 Å². The normalized spacial score (nSPS) is 28.8. The van der Waals surface area contributed by atoms with Gasteiger partial charge < -0.3 is 23.5 Å². The predicted octanol–water partition coefficient (Wildman–Crippen LogP) is 2.72. The van der Waals surface area contributed by atoms with Gasteiger partial charge in [0.05, 0.1) is 0 Å². The zero-order chi connectivity index (χ0) is 17.8. The number of hydrogen-bond donors (Lipinski definition) is 2. The molecule has 4 aliphatic rings. The first kappa shape index (κ1) is 16.9. The summed E-state index contributed by atoms with van der Waals surface area (Å²) in [6, 6.07) is 0.621. The maximum Gasteiger partial charge on any atom is 0.500 e. The van der Waals surface area contributed by atoms with E-state index in [1.54, 1.807) is 25.9 Å². The summed E-state index contributed by atoms with van der Waals surface area (Å²) < 4.78 is 17.9. The second-order valence-electron chi connectivity index (χ2n) is 7.00. The van der Waals surface area contributed by atoms with Crippen LogP contribution in [0, 0.1) is 11.8 Å². The molecule has 0 spiro atoms. The van der Waals surface area contributed by atoms with Crippen LogP contribution in [0.3, 0.4) is 0 Å². The van der Waals surface area contributed by atoms with E-state index >= 15 is 0 Å². The van der Waals surface area contributed by atoms with E-state index in [4.69, 9.17) is 13.3 Å². The topological polar surface area (TPSA) is 73.1 Å². The lowest BCUT2D eigenvalue weighted by Crippen LogP contribution is -2.42. The number of rotatable bonds is 7. The molecule has 6 nitrogen and oxygen atoms in total. The van der Waals surface area contributed by atoms with Crippen molar-refractivity contribution in [1.29, 1.82) is 0 Å². The van der Waals surface area contributed by atoms with Crippen LogP contribution in [0.2, 0.25) is 6.04 Å². The van der Waals surface area contributed by atoms with Crippen molar-refractivity contribution in [2.45, 2.75) is 30.8 Å². The summed E-state index contributed by atoms with van der Waals surface area (Å²) in [5, 5.41) is 21.5. The minimum Gasteiger partial charge on any atom is -0.494 e. The molecular weight excluding hydrogens is 338 g/mol. The average Bonchev–Trinajstić information content (AvgIpc) is 2.85. The number of aromatic hydroxyl groups is 2. The summed E-state index contributed by atoms with van der Waals surface area (Å²) in [7, 11) is 2.13. The van der Waals surface area contributed by atoms with Gasteiger partial charge in [0.15, 0.2) is 11.8 Å². The summed E-state index contributed by atoms with van der Waals surface area (Å²) in [5.74, 6) is 1.66. The fourth-order valence-electron chi connectivity index (χ4n) is 4.67. The average molecular weight is 363 g/mol. The van der Waals surface area contributed by atoms with E-state index < -0.39 is 8.80 Å². The molecule has 4 aliphatic carbocycles. The van der Waals surface area contributed by atoms with Gasteiger partial charge in [0, 0.05) is 56.9 Å². The number of allylic oxidation sites excluding steroid dienone is 4. The zero-order valence-electron chi connectivity index (χ0n) is 14.8. The maximum absolute atomic E-state index is 10.8. The van der Waals surface area contributed by atoms with Crippen molar-refractivity contribution < 1.29 is 23.5 Å². The van der Waals surface area contributed by atoms with Gasteiger partial charge in [-0.1, -0.05) is 24.3 Å². The fraction of sp³-hybridized carbons (Fsp3) is 0.556. The molecule has 0 aromatic carbocycles. The third kappa shape index (κ3) is 2.26. The molecule has 0 radical (unpaired) electrons. The molecule has 25 heavy (non-hydrogen) atoms. The predicted molar refractivity (Wildman–Crippen MR) is 94.7 cm³/mol. The van der Waals surface area contributed by atoms with Gasteiger partial charge in [0.25, 0.3) is 0 Å². The molecular formula is C18H25NO5Si. The molecule has 0 fully saturated rings. The van der Waals surface area contributed by atoms with Gasteiger partial charge in [0.2, 0.25) is 0 Å². The van der Waals surface area contributed by atoms with Crippen LogP contribution in [0.25, 0.3) is 0 Å². The highest BCUT2D eigenvalue weighted by Gasteiger charge is 2.49. The van der Waals surface area contributed by atoms with Gasteiger partial charge in [-0.3, -0.25) is 4.57 Å². The molecule has 4 atom stereocenters. The van der Waals surface area contributed by atoms with E-state index in [2.05, 4.69) is 24.3 Å². The number of hydrogen-bond acceptors (Lipinski definition) is 5. The Morgan fingerprint density at radius 1 is 0.880 bits per heavy atom. The van der Waals surface area contributed by atoms with E-state index in [-0.39, 0.29) is 23.6 Å². The van der Waals surface area contributed by atoms with Gasteiger partial charge >= 0.3 is 8.80 Å². The molecule has 0 aliphatic heterocycles. The van der Waals surface area contributed by atoms with Crippen LogP contribution < -0.4 is 0 Å². The summed E-state index contributed by atoms with van der Waals surface area (Å²) in [4.78, 5) is 0. The van der Waals surface area contributed by atoms with Crippen LogP contribution >= 0.6 is 0 Å². The molecule has 2 N–H and O–H groups in total. The molecule has 4 unspecified atom stereocenters. The highest BCUT2D eigenvalue weighted by atomic mass is 28.4. The van der Waals surface area contributed by atoms with E-state index in [0.29, 0.717) is 30.8 Å². The van der Waals surface area contributed by atoms with E-state index in [9.17, 15) is 10.2 Å². The molecule has 1 aromatic rings. The Kier molecular flexibility index (Phi) is 4.07. The summed E-state index contributed by atoms with van der Waals surface area (Å²) in [6.07, 6.45) is 9.49. The van der Waals surface area contributed by atoms with Crippen molar-refractivity contribution in [1.82, 2.24) is 4.57 Å². The van der Waals surface area contributed by atoms with Crippen molar-refractivity contribution in [3.8, 4) is 11.8 Å². The van der Waals surface area contributed by atoms with Crippen LogP contribution in [0.1, 0.15) is 29.4 Å². The monoisotopic (exact) mass is 363 g/mol. The summed E-state index contributed by atoms with van der Waals surface area (Å²) >= 11 is 0. The summed E-state index contributed by atoms with van der Waals surface area (Å²) in [5.41, 5.74) is 1.81. The number of nitrogens with zero attached hydrogens (tertiary/aromatic N) is 1. The van der Waals surface area contributed by atoms with E-state index in [1.807, 2.05) is 0 Å². The van der Waals surface area contributed by atoms with E-state index in [1.165, 1.54) is 0 Å².